The van der Waals surface area contributed by atoms with E-state index in [0.29, 0.717) is 0 Å². The second-order valence-electron chi connectivity index (χ2n) is 12.3. The number of aryl methyl sites for hydroxylation is 1. The summed E-state index contributed by atoms with van der Waals surface area (Å²) in [6.45, 7) is 2.09. The molecular formula is C45H35I3O4. The number of hydrogen-bond donors (Lipinski definition) is 0. The summed E-state index contributed by atoms with van der Waals surface area (Å²) < 4.78 is 26.7. The van der Waals surface area contributed by atoms with Gasteiger partial charge in [0.15, 0.2) is 0 Å². The Hall–Kier alpha value is -3.81. The fourth-order valence-electron chi connectivity index (χ4n) is 7.21. The van der Waals surface area contributed by atoms with E-state index in [2.05, 4.69) is 196 Å². The van der Waals surface area contributed by atoms with Crippen LogP contribution >= 0.6 is 67.8 Å². The minimum atomic E-state index is 0.884. The summed E-state index contributed by atoms with van der Waals surface area (Å²) in [6.07, 6.45) is 0. The van der Waals surface area contributed by atoms with E-state index in [9.17, 15) is 0 Å². The maximum absolute atomic E-state index is 5.87. The normalized spacial score (nSPS) is 11.1. The van der Waals surface area contributed by atoms with Crippen LogP contribution in [0.3, 0.4) is 0 Å². The Kier molecular flexibility index (Phi) is 11.0. The summed E-state index contributed by atoms with van der Waals surface area (Å²) in [6, 6.07) is 42.4. The van der Waals surface area contributed by atoms with Crippen LogP contribution < -0.4 is 18.9 Å². The molecule has 0 amide bonds. The van der Waals surface area contributed by atoms with Crippen molar-refractivity contribution >= 4 is 111 Å². The maximum atomic E-state index is 5.87. The predicted molar refractivity (Wildman–Crippen MR) is 243 cm³/mol. The van der Waals surface area contributed by atoms with Crippen LogP contribution in [0.25, 0.3) is 65.3 Å². The zero-order valence-electron chi connectivity index (χ0n) is 29.3. The van der Waals surface area contributed by atoms with Crippen LogP contribution in [0.15, 0.2) is 121 Å². The van der Waals surface area contributed by atoms with Gasteiger partial charge in [0.1, 0.15) is 23.0 Å². The highest BCUT2D eigenvalue weighted by molar-refractivity contribution is 14.1. The summed E-state index contributed by atoms with van der Waals surface area (Å²) in [7, 11) is 6.94. The molecule has 0 aliphatic heterocycles. The van der Waals surface area contributed by atoms with Crippen LogP contribution in [0.1, 0.15) is 5.56 Å². The molecule has 0 fully saturated rings. The number of hydrogen-bond acceptors (Lipinski definition) is 4. The lowest BCUT2D eigenvalue weighted by atomic mass is 9.90. The number of benzene rings is 8. The van der Waals surface area contributed by atoms with Gasteiger partial charge >= 0.3 is 0 Å². The van der Waals surface area contributed by atoms with Crippen LogP contribution in [0, 0.1) is 17.6 Å². The van der Waals surface area contributed by atoms with E-state index in [-0.39, 0.29) is 0 Å². The molecular weight excluding hydrogens is 985 g/mol. The summed E-state index contributed by atoms with van der Waals surface area (Å²) in [4.78, 5) is 0. The number of halogens is 3. The molecule has 0 bridgehead atoms. The minimum Gasteiger partial charge on any atom is -0.496 e. The van der Waals surface area contributed by atoms with E-state index in [1.807, 2.05) is 0 Å². The van der Waals surface area contributed by atoms with Crippen LogP contribution in [0.4, 0.5) is 0 Å². The van der Waals surface area contributed by atoms with Gasteiger partial charge in [0.05, 0.1) is 39.1 Å². The van der Waals surface area contributed by atoms with Gasteiger partial charge in [0.25, 0.3) is 0 Å². The first-order valence-corrected chi connectivity index (χ1v) is 19.9. The van der Waals surface area contributed by atoms with E-state index < -0.39 is 0 Å². The quantitative estimate of drug-likeness (QED) is 0.156. The van der Waals surface area contributed by atoms with Crippen LogP contribution in [-0.2, 0) is 0 Å². The zero-order valence-corrected chi connectivity index (χ0v) is 35.8. The smallest absolute Gasteiger partial charge is 0.140 e. The average molecular weight is 1020 g/mol. The van der Waals surface area contributed by atoms with Gasteiger partial charge in [-0.3, -0.25) is 0 Å². The summed E-state index contributed by atoms with van der Waals surface area (Å²) in [5, 5.41) is 9.44. The van der Waals surface area contributed by atoms with Crippen molar-refractivity contribution in [2.45, 2.75) is 6.92 Å². The van der Waals surface area contributed by atoms with Gasteiger partial charge in [-0.05, 0) is 148 Å². The summed E-state index contributed by atoms with van der Waals surface area (Å²) in [5.41, 5.74) is 5.47. The van der Waals surface area contributed by atoms with Crippen molar-refractivity contribution in [2.75, 3.05) is 28.4 Å². The molecule has 0 saturated carbocycles. The van der Waals surface area contributed by atoms with Gasteiger partial charge in [0.2, 0.25) is 0 Å². The van der Waals surface area contributed by atoms with E-state index >= 15 is 0 Å². The first-order chi connectivity index (χ1) is 25.3. The highest BCUT2D eigenvalue weighted by atomic mass is 127. The van der Waals surface area contributed by atoms with Gasteiger partial charge in [-0.2, -0.15) is 0 Å². The Morgan fingerprint density at radius 1 is 0.346 bits per heavy atom. The number of fused-ring (bicyclic) bond motifs is 4. The number of rotatable bonds is 6. The topological polar surface area (TPSA) is 36.9 Å². The van der Waals surface area contributed by atoms with Crippen molar-refractivity contribution in [1.82, 2.24) is 0 Å². The Bertz CT molecular complexity index is 2270. The fourth-order valence-corrected chi connectivity index (χ4v) is 9.68. The largest absolute Gasteiger partial charge is 0.496 e. The molecule has 8 aromatic carbocycles. The van der Waals surface area contributed by atoms with Crippen molar-refractivity contribution in [2.24, 2.45) is 0 Å². The maximum Gasteiger partial charge on any atom is 0.140 e. The molecule has 0 aromatic heterocycles. The molecule has 260 valence electrons. The van der Waals surface area contributed by atoms with Crippen LogP contribution in [-0.4, -0.2) is 28.4 Å². The van der Waals surface area contributed by atoms with Gasteiger partial charge in [-0.15, -0.1) is 0 Å². The monoisotopic (exact) mass is 1020 g/mol. The highest BCUT2D eigenvalue weighted by Gasteiger charge is 2.23. The van der Waals surface area contributed by atoms with Gasteiger partial charge in [-0.1, -0.05) is 97.1 Å². The Labute approximate surface area is 344 Å². The molecule has 0 saturated heterocycles. The molecule has 0 aliphatic carbocycles. The first-order valence-electron chi connectivity index (χ1n) is 16.6. The molecule has 8 aromatic rings. The van der Waals surface area contributed by atoms with Gasteiger partial charge in [0, 0.05) is 22.3 Å². The molecule has 0 unspecified atom stereocenters. The molecule has 8 rings (SSSR count). The van der Waals surface area contributed by atoms with Gasteiger partial charge in [-0.25, -0.2) is 0 Å². The lowest BCUT2D eigenvalue weighted by Crippen LogP contribution is -1.98. The van der Waals surface area contributed by atoms with Crippen molar-refractivity contribution < 1.29 is 18.9 Å². The fraction of sp³-hybridized carbons (Fsp3) is 0.111. The molecule has 7 heteroatoms. The van der Waals surface area contributed by atoms with E-state index in [1.165, 1.54) is 32.3 Å². The molecule has 0 spiro atoms. The molecule has 4 nitrogen and oxygen atoms in total. The molecule has 0 aliphatic rings. The molecule has 0 N–H and O–H groups in total. The van der Waals surface area contributed by atoms with E-state index in [4.69, 9.17) is 18.9 Å². The van der Waals surface area contributed by atoms with Crippen molar-refractivity contribution in [1.29, 1.82) is 0 Å². The third-order valence-corrected chi connectivity index (χ3v) is 11.8. The standard InChI is InChI=1S/C23H19IO2.C22H16I2O2/c1-14-12-15-8-4-6-10-17(15)20(22(14)25-2)21-18-11-7-5-9-16(18)13-19(24)23(21)26-3;1-25-21-17(23)11-13-7-3-5-9-15(13)19(21)20-16-10-6-4-8-14(16)12-18(24)22(20)26-2/h4-13H,1-3H3;3-12H,1-2H3. The third-order valence-electron chi connectivity index (χ3n) is 9.37. The molecule has 0 atom stereocenters. The predicted octanol–water partition coefficient (Wildman–Crippen LogP) is 13.5. The lowest BCUT2D eigenvalue weighted by molar-refractivity contribution is 0.408. The zero-order chi connectivity index (χ0) is 36.5. The van der Waals surface area contributed by atoms with Crippen LogP contribution in [0.2, 0.25) is 0 Å². The first kappa shape index (κ1) is 36.5. The Morgan fingerprint density at radius 3 is 0.885 bits per heavy atom. The highest BCUT2D eigenvalue weighted by Crippen LogP contribution is 2.50. The minimum absolute atomic E-state index is 0.884. The summed E-state index contributed by atoms with van der Waals surface area (Å²) in [5.74, 6) is 3.55. The van der Waals surface area contributed by atoms with Gasteiger partial charge < -0.3 is 18.9 Å². The Balaban J connectivity index is 0.000000162. The van der Waals surface area contributed by atoms with Crippen LogP contribution in [0.5, 0.6) is 23.0 Å². The molecule has 0 heterocycles. The molecule has 52 heavy (non-hydrogen) atoms. The van der Waals surface area contributed by atoms with Crippen molar-refractivity contribution in [3.05, 3.63) is 138 Å². The van der Waals surface area contributed by atoms with E-state index in [0.717, 1.165) is 72.3 Å². The van der Waals surface area contributed by atoms with E-state index in [1.54, 1.807) is 28.4 Å². The van der Waals surface area contributed by atoms with Crippen molar-refractivity contribution in [3.8, 4) is 45.3 Å². The molecule has 0 radical (unpaired) electrons. The lowest BCUT2D eigenvalue weighted by Gasteiger charge is -2.20. The number of ether oxygens (including phenoxy) is 4. The van der Waals surface area contributed by atoms with Crippen molar-refractivity contribution in [3.63, 3.8) is 0 Å². The Morgan fingerprint density at radius 2 is 0.596 bits per heavy atom. The number of methoxy groups -OCH3 is 4. The third kappa shape index (κ3) is 6.53. The average Bonchev–Trinajstić information content (AvgIpc) is 3.16. The second kappa shape index (κ2) is 15.7. The SMILES string of the molecule is COc1c(C)cc2ccccc2c1-c1c(OC)c(I)cc2ccccc12.COc1c(I)cc2ccccc2c1-c1c(OC)c(I)cc2ccccc12. The summed E-state index contributed by atoms with van der Waals surface area (Å²) >= 11 is 7.05. The second-order valence-corrected chi connectivity index (χ2v) is 15.8.